The van der Waals surface area contributed by atoms with Crippen LogP contribution < -0.4 is 5.32 Å². The van der Waals surface area contributed by atoms with Gasteiger partial charge in [-0.15, -0.1) is 5.10 Å². The van der Waals surface area contributed by atoms with Gasteiger partial charge in [0.25, 0.3) is 0 Å². The highest BCUT2D eigenvalue weighted by molar-refractivity contribution is 5.49. The number of rotatable bonds is 7. The zero-order valence-electron chi connectivity index (χ0n) is 13.3. The van der Waals surface area contributed by atoms with E-state index in [2.05, 4.69) is 25.6 Å². The fourth-order valence-electron chi connectivity index (χ4n) is 2.08. The molecule has 0 aliphatic carbocycles. The molecule has 0 saturated heterocycles. The molecule has 2 heterocycles. The van der Waals surface area contributed by atoms with Crippen LogP contribution in [0, 0.1) is 0 Å². The lowest BCUT2D eigenvalue weighted by molar-refractivity contribution is 0.272. The highest BCUT2D eigenvalue weighted by atomic mass is 16.5. The van der Waals surface area contributed by atoms with Gasteiger partial charge in [0.15, 0.2) is 0 Å². The Labute approximate surface area is 140 Å². The monoisotopic (exact) mass is 322 g/mol. The SMILES string of the molecule is CCO/C=C/c1cc(NCc2ccc(-n3ccnn3)cc2)ncn1. The van der Waals surface area contributed by atoms with Crippen LogP contribution in [0.25, 0.3) is 11.8 Å². The summed E-state index contributed by atoms with van der Waals surface area (Å²) in [4.78, 5) is 8.39. The van der Waals surface area contributed by atoms with E-state index in [1.807, 2.05) is 49.5 Å². The number of hydrogen-bond acceptors (Lipinski definition) is 6. The number of hydrogen-bond donors (Lipinski definition) is 1. The van der Waals surface area contributed by atoms with Gasteiger partial charge >= 0.3 is 0 Å². The fourth-order valence-corrected chi connectivity index (χ4v) is 2.08. The lowest BCUT2D eigenvalue weighted by Gasteiger charge is -2.07. The minimum absolute atomic E-state index is 0.636. The molecule has 0 fully saturated rings. The van der Waals surface area contributed by atoms with Gasteiger partial charge in [0.2, 0.25) is 0 Å². The Morgan fingerprint density at radius 2 is 2.08 bits per heavy atom. The number of ether oxygens (including phenoxy) is 1. The number of nitrogens with zero attached hydrogens (tertiary/aromatic N) is 5. The molecular weight excluding hydrogens is 304 g/mol. The molecule has 0 spiro atoms. The summed E-state index contributed by atoms with van der Waals surface area (Å²) in [6.07, 6.45) is 8.44. The van der Waals surface area contributed by atoms with Crippen LogP contribution in [0.5, 0.6) is 0 Å². The minimum atomic E-state index is 0.636. The largest absolute Gasteiger partial charge is 0.501 e. The van der Waals surface area contributed by atoms with E-state index in [0.29, 0.717) is 13.2 Å². The van der Waals surface area contributed by atoms with Gasteiger partial charge in [0.05, 0.1) is 36.6 Å². The van der Waals surface area contributed by atoms with E-state index in [1.54, 1.807) is 17.1 Å². The summed E-state index contributed by atoms with van der Waals surface area (Å²) in [6, 6.07) is 9.96. The second kappa shape index (κ2) is 7.87. The van der Waals surface area contributed by atoms with E-state index < -0.39 is 0 Å². The molecule has 0 aliphatic heterocycles. The molecule has 3 aromatic rings. The van der Waals surface area contributed by atoms with Crippen molar-refractivity contribution in [1.29, 1.82) is 0 Å². The molecule has 2 aromatic heterocycles. The van der Waals surface area contributed by atoms with Crippen LogP contribution in [-0.4, -0.2) is 31.6 Å². The second-order valence-corrected chi connectivity index (χ2v) is 4.95. The van der Waals surface area contributed by atoms with E-state index >= 15 is 0 Å². The Morgan fingerprint density at radius 3 is 2.83 bits per heavy atom. The van der Waals surface area contributed by atoms with Gasteiger partial charge < -0.3 is 10.1 Å². The fraction of sp³-hybridized carbons (Fsp3) is 0.176. The smallest absolute Gasteiger partial charge is 0.130 e. The number of aromatic nitrogens is 5. The molecule has 122 valence electrons. The van der Waals surface area contributed by atoms with Gasteiger partial charge in [-0.25, -0.2) is 14.6 Å². The van der Waals surface area contributed by atoms with E-state index in [9.17, 15) is 0 Å². The van der Waals surface area contributed by atoms with E-state index in [4.69, 9.17) is 4.74 Å². The lowest BCUT2D eigenvalue weighted by Crippen LogP contribution is -2.03. The van der Waals surface area contributed by atoms with Gasteiger partial charge in [0.1, 0.15) is 12.1 Å². The predicted molar refractivity (Wildman–Crippen MR) is 91.4 cm³/mol. The average molecular weight is 322 g/mol. The third-order valence-electron chi connectivity index (χ3n) is 3.29. The summed E-state index contributed by atoms with van der Waals surface area (Å²) in [5.74, 6) is 0.765. The zero-order chi connectivity index (χ0) is 16.6. The first kappa shape index (κ1) is 15.7. The summed E-state index contributed by atoms with van der Waals surface area (Å²) < 4.78 is 6.90. The molecule has 3 rings (SSSR count). The first-order chi connectivity index (χ1) is 11.8. The second-order valence-electron chi connectivity index (χ2n) is 4.95. The normalized spacial score (nSPS) is 10.9. The molecule has 0 radical (unpaired) electrons. The van der Waals surface area contributed by atoms with Gasteiger partial charge in [-0.05, 0) is 30.7 Å². The molecule has 0 aliphatic rings. The lowest BCUT2D eigenvalue weighted by atomic mass is 10.2. The summed E-state index contributed by atoms with van der Waals surface area (Å²) in [7, 11) is 0. The standard InChI is InChI=1S/C17H18N6O/c1-2-24-10-7-15-11-17(20-13-19-15)18-12-14-3-5-16(6-4-14)23-9-8-21-22-23/h3-11,13H,2,12H2,1H3,(H,18,19,20)/b10-7+. The Bertz CT molecular complexity index is 783. The van der Waals surface area contributed by atoms with Gasteiger partial charge in [0, 0.05) is 12.6 Å². The summed E-state index contributed by atoms with van der Waals surface area (Å²) in [5.41, 5.74) is 2.91. The molecule has 1 N–H and O–H groups in total. The maximum Gasteiger partial charge on any atom is 0.130 e. The quantitative estimate of drug-likeness (QED) is 0.674. The average Bonchev–Trinajstić information content (AvgIpc) is 3.16. The van der Waals surface area contributed by atoms with Crippen LogP contribution in [-0.2, 0) is 11.3 Å². The van der Waals surface area contributed by atoms with Crippen molar-refractivity contribution in [3.63, 3.8) is 0 Å². The van der Waals surface area contributed by atoms with E-state index in [-0.39, 0.29) is 0 Å². The van der Waals surface area contributed by atoms with Gasteiger partial charge in [-0.1, -0.05) is 17.3 Å². The molecule has 0 amide bonds. The number of anilines is 1. The zero-order valence-corrected chi connectivity index (χ0v) is 13.3. The molecule has 0 unspecified atom stereocenters. The third kappa shape index (κ3) is 4.16. The Hall–Kier alpha value is -3.22. The molecule has 7 nitrogen and oxygen atoms in total. The minimum Gasteiger partial charge on any atom is -0.501 e. The van der Waals surface area contributed by atoms with E-state index in [0.717, 1.165) is 22.8 Å². The van der Waals surface area contributed by atoms with Crippen molar-refractivity contribution in [3.8, 4) is 5.69 Å². The van der Waals surface area contributed by atoms with Gasteiger partial charge in [-0.3, -0.25) is 0 Å². The van der Waals surface area contributed by atoms with Crippen molar-refractivity contribution in [2.24, 2.45) is 0 Å². The Kier molecular flexibility index (Phi) is 5.14. The first-order valence-electron chi connectivity index (χ1n) is 7.65. The number of benzene rings is 1. The van der Waals surface area contributed by atoms with Crippen LogP contribution in [0.3, 0.4) is 0 Å². The number of nitrogens with one attached hydrogen (secondary N) is 1. The molecule has 0 atom stereocenters. The van der Waals surface area contributed by atoms with Gasteiger partial charge in [-0.2, -0.15) is 0 Å². The molecular formula is C17H18N6O. The first-order valence-corrected chi connectivity index (χ1v) is 7.65. The molecule has 0 saturated carbocycles. The summed E-state index contributed by atoms with van der Waals surface area (Å²) in [6.45, 7) is 3.24. The Morgan fingerprint density at radius 1 is 1.21 bits per heavy atom. The van der Waals surface area contributed by atoms with Crippen LogP contribution in [0.2, 0.25) is 0 Å². The van der Waals surface area contributed by atoms with Crippen molar-refractivity contribution in [2.75, 3.05) is 11.9 Å². The van der Waals surface area contributed by atoms with Crippen LogP contribution in [0.15, 0.2) is 55.3 Å². The van der Waals surface area contributed by atoms with Crippen LogP contribution in [0.1, 0.15) is 18.2 Å². The van der Waals surface area contributed by atoms with Crippen LogP contribution >= 0.6 is 0 Å². The van der Waals surface area contributed by atoms with Crippen LogP contribution in [0.4, 0.5) is 5.82 Å². The predicted octanol–water partition coefficient (Wildman–Crippen LogP) is 2.68. The molecule has 7 heteroatoms. The maximum atomic E-state index is 5.18. The van der Waals surface area contributed by atoms with Crippen molar-refractivity contribution < 1.29 is 4.74 Å². The highest BCUT2D eigenvalue weighted by Crippen LogP contribution is 2.11. The summed E-state index contributed by atoms with van der Waals surface area (Å²) in [5, 5.41) is 11.1. The van der Waals surface area contributed by atoms with Crippen molar-refractivity contribution in [3.05, 3.63) is 66.6 Å². The van der Waals surface area contributed by atoms with Crippen molar-refractivity contribution >= 4 is 11.9 Å². The van der Waals surface area contributed by atoms with E-state index in [1.165, 1.54) is 6.33 Å². The molecule has 0 bridgehead atoms. The Balaban J connectivity index is 1.60. The maximum absolute atomic E-state index is 5.18. The third-order valence-corrected chi connectivity index (χ3v) is 3.29. The van der Waals surface area contributed by atoms with Crippen molar-refractivity contribution in [2.45, 2.75) is 13.5 Å². The molecule has 24 heavy (non-hydrogen) atoms. The topological polar surface area (TPSA) is 77.8 Å². The molecule has 1 aromatic carbocycles. The highest BCUT2D eigenvalue weighted by Gasteiger charge is 2.00. The van der Waals surface area contributed by atoms with Crippen molar-refractivity contribution in [1.82, 2.24) is 25.0 Å². The summed E-state index contributed by atoms with van der Waals surface area (Å²) >= 11 is 0.